The normalized spacial score (nSPS) is 12.0. The number of carbonyl (C=O) groups is 1. The third-order valence-corrected chi connectivity index (χ3v) is 4.68. The maximum Gasteiger partial charge on any atom is 0.237 e. The molecule has 1 atom stereocenters. The third-order valence-electron chi connectivity index (χ3n) is 4.68. The van der Waals surface area contributed by atoms with Crippen molar-refractivity contribution in [3.63, 3.8) is 0 Å². The maximum absolute atomic E-state index is 13.0. The highest BCUT2D eigenvalue weighted by molar-refractivity contribution is 5.81. The first kappa shape index (κ1) is 20.7. The van der Waals surface area contributed by atoms with Crippen LogP contribution in [0.25, 0.3) is 0 Å². The molecular formula is C21H27FN2O3. The molecule has 0 heterocycles. The Morgan fingerprint density at radius 2 is 1.74 bits per heavy atom. The summed E-state index contributed by atoms with van der Waals surface area (Å²) in [5.74, 6) is 0.981. The number of rotatable bonds is 8. The molecule has 2 rings (SSSR count). The Bertz CT molecular complexity index is 778. The van der Waals surface area contributed by atoms with Crippen LogP contribution in [0.2, 0.25) is 0 Å². The Kier molecular flexibility index (Phi) is 7.19. The molecule has 1 N–H and O–H groups in total. The van der Waals surface area contributed by atoms with E-state index in [4.69, 9.17) is 9.47 Å². The summed E-state index contributed by atoms with van der Waals surface area (Å²) in [6.07, 6.45) is 0. The minimum Gasteiger partial charge on any atom is -0.493 e. The number of carbonyl (C=O) groups excluding carboxylic acids is 1. The summed E-state index contributed by atoms with van der Waals surface area (Å²) in [7, 11) is 5.11. The standard InChI is InChI=1S/C21H27FN2O3/c1-14-10-19(26-4)20(27-5)11-17(14)13-24(3)15(2)21(25)23-12-16-6-8-18(22)9-7-16/h6-11,15H,12-13H2,1-5H3,(H,23,25)/t15-/m0/s1. The van der Waals surface area contributed by atoms with Crippen LogP contribution in [0, 0.1) is 12.7 Å². The number of benzene rings is 2. The second-order valence-corrected chi connectivity index (χ2v) is 6.57. The van der Waals surface area contributed by atoms with Crippen molar-refractivity contribution in [1.29, 1.82) is 0 Å². The zero-order valence-electron chi connectivity index (χ0n) is 16.5. The Hall–Kier alpha value is -2.60. The van der Waals surface area contributed by atoms with Gasteiger partial charge in [-0.2, -0.15) is 0 Å². The van der Waals surface area contributed by atoms with E-state index in [9.17, 15) is 9.18 Å². The minimum atomic E-state index is -0.321. The van der Waals surface area contributed by atoms with Gasteiger partial charge in [-0.3, -0.25) is 9.69 Å². The average molecular weight is 374 g/mol. The van der Waals surface area contributed by atoms with Gasteiger partial charge in [-0.15, -0.1) is 0 Å². The van der Waals surface area contributed by atoms with Crippen LogP contribution in [0.5, 0.6) is 11.5 Å². The van der Waals surface area contributed by atoms with Gasteiger partial charge in [0.05, 0.1) is 20.3 Å². The smallest absolute Gasteiger partial charge is 0.237 e. The molecule has 0 radical (unpaired) electrons. The first-order chi connectivity index (χ1) is 12.8. The zero-order chi connectivity index (χ0) is 20.0. The molecule has 0 spiro atoms. The number of aryl methyl sites for hydroxylation is 1. The highest BCUT2D eigenvalue weighted by atomic mass is 19.1. The van der Waals surface area contributed by atoms with Crippen LogP contribution < -0.4 is 14.8 Å². The molecule has 0 aromatic heterocycles. The zero-order valence-corrected chi connectivity index (χ0v) is 16.5. The number of hydrogen-bond acceptors (Lipinski definition) is 4. The third kappa shape index (κ3) is 5.44. The van der Waals surface area contributed by atoms with E-state index in [-0.39, 0.29) is 17.8 Å². The van der Waals surface area contributed by atoms with Crippen LogP contribution in [0.3, 0.4) is 0 Å². The molecule has 2 aromatic carbocycles. The van der Waals surface area contributed by atoms with Gasteiger partial charge >= 0.3 is 0 Å². The van der Waals surface area contributed by atoms with Gasteiger partial charge in [0.1, 0.15) is 5.82 Å². The first-order valence-electron chi connectivity index (χ1n) is 8.79. The summed E-state index contributed by atoms with van der Waals surface area (Å²) < 4.78 is 23.6. The number of likely N-dealkylation sites (N-methyl/N-ethyl adjacent to an activating group) is 1. The molecular weight excluding hydrogens is 347 g/mol. The molecule has 0 saturated carbocycles. The largest absolute Gasteiger partial charge is 0.493 e. The predicted octanol–water partition coefficient (Wildman–Crippen LogP) is 3.29. The summed E-state index contributed by atoms with van der Waals surface area (Å²) in [5, 5.41) is 2.89. The SMILES string of the molecule is COc1cc(C)c(CN(C)[C@@H](C)C(=O)NCc2ccc(F)cc2)cc1OC. The molecule has 146 valence electrons. The topological polar surface area (TPSA) is 50.8 Å². The van der Waals surface area contributed by atoms with Gasteiger partial charge < -0.3 is 14.8 Å². The fourth-order valence-electron chi connectivity index (χ4n) is 2.74. The van der Waals surface area contributed by atoms with Gasteiger partial charge in [0.25, 0.3) is 0 Å². The van der Waals surface area contributed by atoms with Crippen molar-refractivity contribution in [2.75, 3.05) is 21.3 Å². The molecule has 0 fully saturated rings. The highest BCUT2D eigenvalue weighted by Crippen LogP contribution is 2.30. The predicted molar refractivity (Wildman–Crippen MR) is 103 cm³/mol. The van der Waals surface area contributed by atoms with Crippen LogP contribution in [-0.2, 0) is 17.9 Å². The lowest BCUT2D eigenvalue weighted by Gasteiger charge is -2.25. The molecule has 1 amide bonds. The van der Waals surface area contributed by atoms with Gasteiger partial charge in [0, 0.05) is 13.1 Å². The number of ether oxygens (including phenoxy) is 2. The number of halogens is 1. The van der Waals surface area contributed by atoms with Crippen molar-refractivity contribution < 1.29 is 18.7 Å². The van der Waals surface area contributed by atoms with Crippen molar-refractivity contribution in [2.45, 2.75) is 33.0 Å². The summed E-state index contributed by atoms with van der Waals surface area (Å²) in [4.78, 5) is 14.4. The number of nitrogens with one attached hydrogen (secondary N) is 1. The first-order valence-corrected chi connectivity index (χ1v) is 8.79. The lowest BCUT2D eigenvalue weighted by Crippen LogP contribution is -2.42. The fraction of sp³-hybridized carbons (Fsp3) is 0.381. The van der Waals surface area contributed by atoms with Crippen LogP contribution in [0.4, 0.5) is 4.39 Å². The van der Waals surface area contributed by atoms with E-state index in [2.05, 4.69) is 5.32 Å². The highest BCUT2D eigenvalue weighted by Gasteiger charge is 2.19. The summed E-state index contributed by atoms with van der Waals surface area (Å²) in [5.41, 5.74) is 2.99. The lowest BCUT2D eigenvalue weighted by molar-refractivity contribution is -0.125. The van der Waals surface area contributed by atoms with Crippen LogP contribution in [-0.4, -0.2) is 38.1 Å². The Morgan fingerprint density at radius 3 is 2.33 bits per heavy atom. The van der Waals surface area contributed by atoms with E-state index in [1.807, 2.05) is 37.9 Å². The molecule has 5 nitrogen and oxygen atoms in total. The summed E-state index contributed by atoms with van der Waals surface area (Å²) in [6, 6.07) is 9.65. The van der Waals surface area contributed by atoms with Crippen molar-refractivity contribution in [3.05, 3.63) is 58.9 Å². The summed E-state index contributed by atoms with van der Waals surface area (Å²) in [6.45, 7) is 4.82. The van der Waals surface area contributed by atoms with Crippen LogP contribution in [0.15, 0.2) is 36.4 Å². The van der Waals surface area contributed by atoms with Gasteiger partial charge in [0.2, 0.25) is 5.91 Å². The van der Waals surface area contributed by atoms with Crippen molar-refractivity contribution in [1.82, 2.24) is 10.2 Å². The maximum atomic E-state index is 13.0. The number of amides is 1. The van der Waals surface area contributed by atoms with E-state index in [0.717, 1.165) is 16.7 Å². The van der Waals surface area contributed by atoms with E-state index >= 15 is 0 Å². The van der Waals surface area contributed by atoms with E-state index in [0.29, 0.717) is 24.6 Å². The molecule has 0 aliphatic carbocycles. The molecule has 0 saturated heterocycles. The average Bonchev–Trinajstić information content (AvgIpc) is 2.67. The summed E-state index contributed by atoms with van der Waals surface area (Å²) >= 11 is 0. The quantitative estimate of drug-likeness (QED) is 0.770. The number of nitrogens with zero attached hydrogens (tertiary/aromatic N) is 1. The molecule has 27 heavy (non-hydrogen) atoms. The van der Waals surface area contributed by atoms with Crippen LogP contribution in [0.1, 0.15) is 23.6 Å². The van der Waals surface area contributed by atoms with E-state index in [1.54, 1.807) is 26.4 Å². The second-order valence-electron chi connectivity index (χ2n) is 6.57. The van der Waals surface area contributed by atoms with Crippen LogP contribution >= 0.6 is 0 Å². The number of methoxy groups -OCH3 is 2. The molecule has 2 aromatic rings. The van der Waals surface area contributed by atoms with Gasteiger partial charge in [-0.1, -0.05) is 12.1 Å². The molecule has 0 bridgehead atoms. The monoisotopic (exact) mass is 374 g/mol. The number of hydrogen-bond donors (Lipinski definition) is 1. The van der Waals surface area contributed by atoms with E-state index in [1.165, 1.54) is 12.1 Å². The Labute approximate surface area is 160 Å². The van der Waals surface area contributed by atoms with Gasteiger partial charge in [-0.05, 0) is 61.9 Å². The van der Waals surface area contributed by atoms with Gasteiger partial charge in [0.15, 0.2) is 11.5 Å². The van der Waals surface area contributed by atoms with Gasteiger partial charge in [-0.25, -0.2) is 4.39 Å². The minimum absolute atomic E-state index is 0.0834. The molecule has 0 unspecified atom stereocenters. The Morgan fingerprint density at radius 1 is 1.15 bits per heavy atom. The molecule has 0 aliphatic rings. The van der Waals surface area contributed by atoms with E-state index < -0.39 is 0 Å². The Balaban J connectivity index is 1.99. The second kappa shape index (κ2) is 9.37. The van der Waals surface area contributed by atoms with Crippen molar-refractivity contribution in [3.8, 4) is 11.5 Å². The molecule has 6 heteroatoms. The van der Waals surface area contributed by atoms with Crippen molar-refractivity contribution in [2.24, 2.45) is 0 Å². The molecule has 0 aliphatic heterocycles. The lowest BCUT2D eigenvalue weighted by atomic mass is 10.1. The van der Waals surface area contributed by atoms with Crippen molar-refractivity contribution >= 4 is 5.91 Å². The fourth-order valence-corrected chi connectivity index (χ4v) is 2.74.